The molecule has 24 heavy (non-hydrogen) atoms. The van der Waals surface area contributed by atoms with Crippen molar-refractivity contribution in [3.63, 3.8) is 0 Å². The maximum atomic E-state index is 12.7. The summed E-state index contributed by atoms with van der Waals surface area (Å²) in [6.45, 7) is 0. The number of methoxy groups -OCH3 is 1. The standard InChI is InChI=1S/C15H16N4O4S/c1-19-14(8-12(16-19)9-3-4-9)24(20,21)18-15-11-6-5-10(22-2)7-13(11)23-17-15/h5-9H,3-4H2,1-2H3,(H,17,18). The van der Waals surface area contributed by atoms with Gasteiger partial charge in [-0.1, -0.05) is 5.16 Å². The first-order valence-corrected chi connectivity index (χ1v) is 8.96. The Bertz CT molecular complexity index is 1020. The first kappa shape index (κ1) is 15.0. The lowest BCUT2D eigenvalue weighted by Gasteiger charge is -2.05. The lowest BCUT2D eigenvalue weighted by Crippen LogP contribution is -2.16. The van der Waals surface area contributed by atoms with Crippen LogP contribution in [-0.4, -0.2) is 30.5 Å². The minimum absolute atomic E-state index is 0.106. The Morgan fingerprint density at radius 2 is 2.12 bits per heavy atom. The summed E-state index contributed by atoms with van der Waals surface area (Å²) in [6.07, 6.45) is 2.11. The maximum Gasteiger partial charge on any atom is 0.280 e. The molecule has 126 valence electrons. The molecule has 1 aromatic carbocycles. The van der Waals surface area contributed by atoms with Gasteiger partial charge in [-0.15, -0.1) is 0 Å². The van der Waals surface area contributed by atoms with Gasteiger partial charge in [0.25, 0.3) is 10.0 Å². The lowest BCUT2D eigenvalue weighted by molar-refractivity contribution is 0.412. The topological polar surface area (TPSA) is 99.2 Å². The second-order valence-corrected chi connectivity index (χ2v) is 7.43. The zero-order valence-corrected chi connectivity index (χ0v) is 14.0. The first-order valence-electron chi connectivity index (χ1n) is 7.48. The number of hydrogen-bond acceptors (Lipinski definition) is 6. The third-order valence-electron chi connectivity index (χ3n) is 4.04. The van der Waals surface area contributed by atoms with Crippen LogP contribution in [0.15, 0.2) is 33.8 Å². The third kappa shape index (κ3) is 2.50. The molecule has 0 amide bonds. The molecular weight excluding hydrogens is 332 g/mol. The molecular formula is C15H16N4O4S. The van der Waals surface area contributed by atoms with Crippen molar-refractivity contribution in [1.82, 2.24) is 14.9 Å². The molecule has 0 atom stereocenters. The first-order chi connectivity index (χ1) is 11.5. The molecule has 4 rings (SSSR count). The number of ether oxygens (including phenoxy) is 1. The molecule has 0 bridgehead atoms. The molecule has 1 aliphatic rings. The highest BCUT2D eigenvalue weighted by molar-refractivity contribution is 7.92. The summed E-state index contributed by atoms with van der Waals surface area (Å²) in [5, 5.41) is 8.77. The van der Waals surface area contributed by atoms with Crippen LogP contribution >= 0.6 is 0 Å². The number of sulfonamides is 1. The molecule has 0 unspecified atom stereocenters. The Hall–Kier alpha value is -2.55. The van der Waals surface area contributed by atoms with Crippen molar-refractivity contribution in [3.8, 4) is 5.75 Å². The average molecular weight is 348 g/mol. The van der Waals surface area contributed by atoms with E-state index in [0.29, 0.717) is 22.6 Å². The van der Waals surface area contributed by atoms with Crippen molar-refractivity contribution in [3.05, 3.63) is 30.0 Å². The summed E-state index contributed by atoms with van der Waals surface area (Å²) in [5.74, 6) is 1.12. The monoisotopic (exact) mass is 348 g/mol. The second-order valence-electron chi connectivity index (χ2n) is 5.80. The van der Waals surface area contributed by atoms with Gasteiger partial charge in [-0.2, -0.15) is 13.5 Å². The molecule has 1 aliphatic carbocycles. The number of aromatic nitrogens is 3. The number of fused-ring (bicyclic) bond motifs is 1. The number of anilines is 1. The SMILES string of the molecule is COc1ccc2c(NS(=O)(=O)c3cc(C4CC4)nn3C)noc2c1. The van der Waals surface area contributed by atoms with Gasteiger partial charge in [-0.25, -0.2) is 0 Å². The summed E-state index contributed by atoms with van der Waals surface area (Å²) in [4.78, 5) is 0. The summed E-state index contributed by atoms with van der Waals surface area (Å²) >= 11 is 0. The molecule has 0 spiro atoms. The van der Waals surface area contributed by atoms with Gasteiger partial charge in [0, 0.05) is 25.1 Å². The molecule has 1 N–H and O–H groups in total. The van der Waals surface area contributed by atoms with Crippen molar-refractivity contribution in [1.29, 1.82) is 0 Å². The predicted molar refractivity (Wildman–Crippen MR) is 86.6 cm³/mol. The summed E-state index contributed by atoms with van der Waals surface area (Å²) < 4.78 is 39.5. The molecule has 9 heteroatoms. The highest BCUT2D eigenvalue weighted by Gasteiger charge is 2.30. The van der Waals surface area contributed by atoms with E-state index in [4.69, 9.17) is 9.26 Å². The third-order valence-corrected chi connectivity index (χ3v) is 5.43. The van der Waals surface area contributed by atoms with E-state index in [1.54, 1.807) is 38.4 Å². The quantitative estimate of drug-likeness (QED) is 0.759. The van der Waals surface area contributed by atoms with Crippen LogP contribution in [0.3, 0.4) is 0 Å². The number of rotatable bonds is 5. The highest BCUT2D eigenvalue weighted by atomic mass is 32.2. The fourth-order valence-corrected chi connectivity index (χ4v) is 3.77. The van der Waals surface area contributed by atoms with Crippen LogP contribution in [0.1, 0.15) is 24.5 Å². The van der Waals surface area contributed by atoms with Crippen LogP contribution in [0.25, 0.3) is 11.0 Å². The summed E-state index contributed by atoms with van der Waals surface area (Å²) in [7, 11) is -0.649. The van der Waals surface area contributed by atoms with Crippen molar-refractivity contribution >= 4 is 26.8 Å². The summed E-state index contributed by atoms with van der Waals surface area (Å²) in [6, 6.07) is 6.68. The highest BCUT2D eigenvalue weighted by Crippen LogP contribution is 2.40. The van der Waals surface area contributed by atoms with Gasteiger partial charge < -0.3 is 9.26 Å². The Morgan fingerprint density at radius 3 is 2.83 bits per heavy atom. The number of benzene rings is 1. The van der Waals surface area contributed by atoms with Gasteiger partial charge in [-0.05, 0) is 25.0 Å². The Balaban J connectivity index is 1.69. The van der Waals surface area contributed by atoms with Crippen LogP contribution < -0.4 is 9.46 Å². The fourth-order valence-electron chi connectivity index (χ4n) is 2.60. The zero-order valence-electron chi connectivity index (χ0n) is 13.2. The van der Waals surface area contributed by atoms with Gasteiger partial charge in [-0.3, -0.25) is 9.40 Å². The van der Waals surface area contributed by atoms with E-state index in [2.05, 4.69) is 15.0 Å². The molecule has 0 saturated heterocycles. The fraction of sp³-hybridized carbons (Fsp3) is 0.333. The molecule has 2 heterocycles. The van der Waals surface area contributed by atoms with Crippen molar-refractivity contribution in [2.24, 2.45) is 7.05 Å². The smallest absolute Gasteiger partial charge is 0.280 e. The van der Waals surface area contributed by atoms with Gasteiger partial charge in [0.1, 0.15) is 5.75 Å². The molecule has 3 aromatic rings. The van der Waals surface area contributed by atoms with E-state index in [1.807, 2.05) is 0 Å². The minimum atomic E-state index is -3.81. The van der Waals surface area contributed by atoms with Crippen LogP contribution in [0.5, 0.6) is 5.75 Å². The van der Waals surface area contributed by atoms with E-state index in [0.717, 1.165) is 18.5 Å². The normalized spacial score (nSPS) is 14.9. The van der Waals surface area contributed by atoms with Gasteiger partial charge >= 0.3 is 0 Å². The summed E-state index contributed by atoms with van der Waals surface area (Å²) in [5.41, 5.74) is 1.25. The van der Waals surface area contributed by atoms with E-state index in [9.17, 15) is 8.42 Å². The predicted octanol–water partition coefficient (Wildman–Crippen LogP) is 2.25. The van der Waals surface area contributed by atoms with Crippen molar-refractivity contribution in [2.45, 2.75) is 23.8 Å². The molecule has 0 radical (unpaired) electrons. The Kier molecular flexibility index (Phi) is 3.27. The van der Waals surface area contributed by atoms with Gasteiger partial charge in [0.05, 0.1) is 18.2 Å². The zero-order chi connectivity index (χ0) is 16.9. The van der Waals surface area contributed by atoms with E-state index < -0.39 is 10.0 Å². The van der Waals surface area contributed by atoms with Crippen LogP contribution in [-0.2, 0) is 17.1 Å². The van der Waals surface area contributed by atoms with Gasteiger partial charge in [0.15, 0.2) is 16.4 Å². The van der Waals surface area contributed by atoms with E-state index in [-0.39, 0.29) is 10.8 Å². The molecule has 1 fully saturated rings. The minimum Gasteiger partial charge on any atom is -0.497 e. The van der Waals surface area contributed by atoms with Crippen LogP contribution in [0.4, 0.5) is 5.82 Å². The van der Waals surface area contributed by atoms with Crippen LogP contribution in [0, 0.1) is 0 Å². The Labute approximate surface area is 138 Å². The molecule has 8 nitrogen and oxygen atoms in total. The van der Waals surface area contributed by atoms with Gasteiger partial charge in [0.2, 0.25) is 0 Å². The number of aryl methyl sites for hydroxylation is 1. The molecule has 2 aromatic heterocycles. The number of nitrogens with one attached hydrogen (secondary N) is 1. The van der Waals surface area contributed by atoms with E-state index in [1.165, 1.54) is 4.68 Å². The number of hydrogen-bond donors (Lipinski definition) is 1. The van der Waals surface area contributed by atoms with E-state index >= 15 is 0 Å². The van der Waals surface area contributed by atoms with Crippen molar-refractivity contribution < 1.29 is 17.7 Å². The average Bonchev–Trinajstić information content (AvgIpc) is 3.23. The Morgan fingerprint density at radius 1 is 1.33 bits per heavy atom. The van der Waals surface area contributed by atoms with Crippen molar-refractivity contribution in [2.75, 3.05) is 11.8 Å². The van der Waals surface area contributed by atoms with Crippen LogP contribution in [0.2, 0.25) is 0 Å². The maximum absolute atomic E-state index is 12.7. The second kappa shape index (κ2) is 5.23. The lowest BCUT2D eigenvalue weighted by atomic mass is 10.2. The largest absolute Gasteiger partial charge is 0.497 e. The molecule has 1 saturated carbocycles. The number of nitrogens with zero attached hydrogens (tertiary/aromatic N) is 3. The molecule has 0 aliphatic heterocycles.